The van der Waals surface area contributed by atoms with Crippen LogP contribution < -0.4 is 0 Å². The van der Waals surface area contributed by atoms with E-state index in [1.165, 1.54) is 0 Å². The fraction of sp³-hybridized carbons (Fsp3) is 0.867. The Balaban J connectivity index is 3.21. The summed E-state index contributed by atoms with van der Waals surface area (Å²) in [7, 11) is 0. The topological polar surface area (TPSA) is 47.9 Å². The minimum Gasteiger partial charge on any atom is -0.395 e. The predicted octanol–water partition coefficient (Wildman–Crippen LogP) is 2.41. The first-order valence-corrected chi connectivity index (χ1v) is 7.16. The molecule has 19 heavy (non-hydrogen) atoms. The van der Waals surface area contributed by atoms with Crippen LogP contribution in [0, 0.1) is 5.41 Å². The second-order valence-corrected chi connectivity index (χ2v) is 4.96. The molecule has 0 heterocycles. The number of hydrogen-bond donors (Lipinski definition) is 1. The lowest BCUT2D eigenvalue weighted by Gasteiger charge is -2.22. The Morgan fingerprint density at radius 3 is 2.00 bits per heavy atom. The molecule has 0 aromatic carbocycles. The van der Waals surface area contributed by atoms with Crippen molar-refractivity contribution in [3.8, 4) is 0 Å². The Labute approximate surface area is 117 Å². The molecule has 0 rings (SSSR count). The van der Waals surface area contributed by atoms with Crippen LogP contribution in [0.5, 0.6) is 0 Å². The minimum atomic E-state index is -0.242. The number of aliphatic hydroxyl groups is 1. The van der Waals surface area contributed by atoms with Gasteiger partial charge < -0.3 is 19.3 Å². The first kappa shape index (κ1) is 18.6. The molecule has 0 fully saturated rings. The molecule has 0 bridgehead atoms. The van der Waals surface area contributed by atoms with Crippen LogP contribution in [-0.4, -0.2) is 51.4 Å². The fourth-order valence-electron chi connectivity index (χ4n) is 1.34. The molecule has 1 unspecified atom stereocenters. The summed E-state index contributed by atoms with van der Waals surface area (Å²) in [6, 6.07) is 0. The normalized spacial score (nSPS) is 14.3. The van der Waals surface area contributed by atoms with Crippen LogP contribution in [-0.2, 0) is 14.2 Å². The zero-order valence-corrected chi connectivity index (χ0v) is 12.5. The van der Waals surface area contributed by atoms with E-state index < -0.39 is 0 Å². The maximum Gasteiger partial charge on any atom is 0.0701 e. The first-order valence-electron chi connectivity index (χ1n) is 7.16. The van der Waals surface area contributed by atoms with Crippen molar-refractivity contribution >= 4 is 0 Å². The third kappa shape index (κ3) is 11.1. The van der Waals surface area contributed by atoms with E-state index in [2.05, 4.69) is 13.5 Å². The average molecular weight is 274 g/mol. The monoisotopic (exact) mass is 274 g/mol. The van der Waals surface area contributed by atoms with E-state index in [1.54, 1.807) is 6.08 Å². The second kappa shape index (κ2) is 12.6. The molecular formula is C15H30O4. The largest absolute Gasteiger partial charge is 0.395 e. The summed E-state index contributed by atoms with van der Waals surface area (Å²) < 4.78 is 16.2. The molecule has 1 atom stereocenters. The maximum atomic E-state index is 9.18. The summed E-state index contributed by atoms with van der Waals surface area (Å²) >= 11 is 0. The smallest absolute Gasteiger partial charge is 0.0701 e. The van der Waals surface area contributed by atoms with Gasteiger partial charge in [-0.2, -0.15) is 0 Å². The molecule has 0 aromatic heterocycles. The van der Waals surface area contributed by atoms with Crippen molar-refractivity contribution in [2.45, 2.75) is 33.1 Å². The Bertz CT molecular complexity index is 208. The highest BCUT2D eigenvalue weighted by Crippen LogP contribution is 2.21. The van der Waals surface area contributed by atoms with Gasteiger partial charge in [-0.3, -0.25) is 0 Å². The molecule has 4 nitrogen and oxygen atoms in total. The second-order valence-electron chi connectivity index (χ2n) is 4.96. The zero-order chi connectivity index (χ0) is 14.4. The number of rotatable bonds is 14. The molecule has 0 aliphatic rings. The minimum absolute atomic E-state index is 0.103. The Morgan fingerprint density at radius 1 is 1.00 bits per heavy atom. The van der Waals surface area contributed by atoms with Crippen molar-refractivity contribution < 1.29 is 19.3 Å². The van der Waals surface area contributed by atoms with E-state index in [0.29, 0.717) is 33.0 Å². The van der Waals surface area contributed by atoms with Crippen molar-refractivity contribution in [2.75, 3.05) is 46.2 Å². The van der Waals surface area contributed by atoms with E-state index >= 15 is 0 Å². The summed E-state index contributed by atoms with van der Waals surface area (Å²) in [5.41, 5.74) is -0.242. The molecule has 114 valence electrons. The zero-order valence-electron chi connectivity index (χ0n) is 12.5. The highest BCUT2D eigenvalue weighted by molar-refractivity contribution is 4.90. The number of aliphatic hydroxyl groups excluding tert-OH is 1. The Kier molecular flexibility index (Phi) is 12.3. The highest BCUT2D eigenvalue weighted by atomic mass is 16.5. The summed E-state index contributed by atoms with van der Waals surface area (Å²) in [5.74, 6) is 0. The highest BCUT2D eigenvalue weighted by Gasteiger charge is 2.18. The van der Waals surface area contributed by atoms with Crippen LogP contribution in [0.3, 0.4) is 0 Å². The van der Waals surface area contributed by atoms with Crippen molar-refractivity contribution in [1.29, 1.82) is 0 Å². The van der Waals surface area contributed by atoms with Crippen LogP contribution in [0.15, 0.2) is 12.7 Å². The van der Waals surface area contributed by atoms with E-state index in [1.807, 2.05) is 6.92 Å². The molecular weight excluding hydrogens is 244 g/mol. The van der Waals surface area contributed by atoms with Gasteiger partial charge in [-0.05, 0) is 12.8 Å². The lowest BCUT2D eigenvalue weighted by molar-refractivity contribution is 0.00813. The molecule has 0 saturated carbocycles. The van der Waals surface area contributed by atoms with Crippen LogP contribution in [0.25, 0.3) is 0 Å². The standard InChI is InChI=1S/C15H30O4/c1-4-6-8-17-10-12-19-13-11-18-9-7-15(3,5-2)14-16/h5,16H,2,4,6-14H2,1,3H3. The summed E-state index contributed by atoms with van der Waals surface area (Å²) in [6.07, 6.45) is 4.82. The third-order valence-electron chi connectivity index (χ3n) is 3.06. The SMILES string of the molecule is C=CC(C)(CO)CCOCCOCCOCCCC. The van der Waals surface area contributed by atoms with Gasteiger partial charge in [-0.1, -0.05) is 26.3 Å². The molecule has 0 spiro atoms. The molecule has 0 saturated heterocycles. The maximum absolute atomic E-state index is 9.18. The van der Waals surface area contributed by atoms with Crippen LogP contribution >= 0.6 is 0 Å². The number of ether oxygens (including phenoxy) is 3. The van der Waals surface area contributed by atoms with Gasteiger partial charge in [0.15, 0.2) is 0 Å². The van der Waals surface area contributed by atoms with Crippen LogP contribution in [0.1, 0.15) is 33.1 Å². The van der Waals surface area contributed by atoms with E-state index in [4.69, 9.17) is 14.2 Å². The van der Waals surface area contributed by atoms with Gasteiger partial charge in [0.1, 0.15) is 0 Å². The number of unbranched alkanes of at least 4 members (excludes halogenated alkanes) is 1. The van der Waals surface area contributed by atoms with Gasteiger partial charge in [0.05, 0.1) is 33.0 Å². The summed E-state index contributed by atoms with van der Waals surface area (Å²) in [4.78, 5) is 0. The van der Waals surface area contributed by atoms with Gasteiger partial charge >= 0.3 is 0 Å². The van der Waals surface area contributed by atoms with Gasteiger partial charge in [-0.25, -0.2) is 0 Å². The van der Waals surface area contributed by atoms with Crippen LogP contribution in [0.4, 0.5) is 0 Å². The lowest BCUT2D eigenvalue weighted by atomic mass is 9.88. The predicted molar refractivity (Wildman–Crippen MR) is 77.4 cm³/mol. The van der Waals surface area contributed by atoms with Gasteiger partial charge in [0, 0.05) is 18.6 Å². The molecule has 0 aromatic rings. The third-order valence-corrected chi connectivity index (χ3v) is 3.06. The molecule has 1 N–H and O–H groups in total. The number of hydrogen-bond acceptors (Lipinski definition) is 4. The van der Waals surface area contributed by atoms with Gasteiger partial charge in [0.25, 0.3) is 0 Å². The summed E-state index contributed by atoms with van der Waals surface area (Å²) in [5, 5.41) is 9.18. The molecule has 0 radical (unpaired) electrons. The molecule has 4 heteroatoms. The van der Waals surface area contributed by atoms with Crippen molar-refractivity contribution in [1.82, 2.24) is 0 Å². The van der Waals surface area contributed by atoms with Crippen molar-refractivity contribution in [3.63, 3.8) is 0 Å². The Morgan fingerprint density at radius 2 is 1.53 bits per heavy atom. The summed E-state index contributed by atoms with van der Waals surface area (Å²) in [6.45, 7) is 11.8. The van der Waals surface area contributed by atoms with E-state index in [-0.39, 0.29) is 12.0 Å². The first-order chi connectivity index (χ1) is 9.18. The van der Waals surface area contributed by atoms with Gasteiger partial charge in [0.2, 0.25) is 0 Å². The molecule has 0 amide bonds. The average Bonchev–Trinajstić information content (AvgIpc) is 2.44. The molecule has 0 aliphatic heterocycles. The van der Waals surface area contributed by atoms with Crippen LogP contribution in [0.2, 0.25) is 0 Å². The van der Waals surface area contributed by atoms with Crippen molar-refractivity contribution in [2.24, 2.45) is 5.41 Å². The lowest BCUT2D eigenvalue weighted by Crippen LogP contribution is -2.21. The molecule has 0 aliphatic carbocycles. The quantitative estimate of drug-likeness (QED) is 0.390. The van der Waals surface area contributed by atoms with Gasteiger partial charge in [-0.15, -0.1) is 6.58 Å². The van der Waals surface area contributed by atoms with Crippen molar-refractivity contribution in [3.05, 3.63) is 12.7 Å². The van der Waals surface area contributed by atoms with E-state index in [9.17, 15) is 5.11 Å². The fourth-order valence-corrected chi connectivity index (χ4v) is 1.34. The Hall–Kier alpha value is -0.420. The van der Waals surface area contributed by atoms with E-state index in [0.717, 1.165) is 25.9 Å².